The Morgan fingerprint density at radius 3 is 3.04 bits per heavy atom. The maximum absolute atomic E-state index is 11.9. The van der Waals surface area contributed by atoms with E-state index < -0.39 is 0 Å². The molecule has 1 amide bonds. The van der Waals surface area contributed by atoms with E-state index in [1.165, 1.54) is 6.42 Å². The molecule has 0 spiro atoms. The summed E-state index contributed by atoms with van der Waals surface area (Å²) in [5.74, 6) is 1.98. The molecule has 0 bridgehead atoms. The number of rotatable bonds is 7. The average Bonchev–Trinajstić information content (AvgIpc) is 3.38. The van der Waals surface area contributed by atoms with Crippen LogP contribution in [0.15, 0.2) is 27.8 Å². The van der Waals surface area contributed by atoms with Gasteiger partial charge in [-0.25, -0.2) is 0 Å². The number of hydrogen-bond donors (Lipinski definition) is 2. The molecule has 27 heavy (non-hydrogen) atoms. The van der Waals surface area contributed by atoms with Crippen molar-refractivity contribution < 1.29 is 13.9 Å². The zero-order valence-corrected chi connectivity index (χ0v) is 16.3. The molecule has 3 heterocycles. The number of carbonyl (C=O) groups excluding carboxylic acids is 1. The Kier molecular flexibility index (Phi) is 7.56. The molecule has 7 nitrogen and oxygen atoms in total. The van der Waals surface area contributed by atoms with Crippen molar-refractivity contribution in [3.05, 3.63) is 24.2 Å². The molecular formula is C20H32N4O3. The van der Waals surface area contributed by atoms with Gasteiger partial charge in [-0.3, -0.25) is 9.79 Å². The van der Waals surface area contributed by atoms with E-state index >= 15 is 0 Å². The third kappa shape index (κ3) is 6.27. The molecule has 0 aromatic carbocycles. The standard InChI is InChI=1S/C20H32N4O3/c1-2-19(25)24-11-9-16(15-24)23-20(21-10-8-17-7-5-13-26-17)22-14-18-6-3-4-12-27-18/h5,7,13,16,18H,2-4,6,8-12,14-15H2,1H3,(H2,21,22,23). The zero-order chi connectivity index (χ0) is 18.9. The SMILES string of the molecule is CCC(=O)N1CCC(NC(=NCC2CCCCO2)NCCc2ccco2)C1. The van der Waals surface area contributed by atoms with Gasteiger partial charge in [-0.05, 0) is 37.8 Å². The number of likely N-dealkylation sites (tertiary alicyclic amines) is 1. The zero-order valence-electron chi connectivity index (χ0n) is 16.3. The van der Waals surface area contributed by atoms with E-state index in [9.17, 15) is 4.79 Å². The Labute approximate surface area is 161 Å². The van der Waals surface area contributed by atoms with Crippen molar-refractivity contribution in [1.29, 1.82) is 0 Å². The highest BCUT2D eigenvalue weighted by molar-refractivity contribution is 5.80. The maximum Gasteiger partial charge on any atom is 0.222 e. The van der Waals surface area contributed by atoms with Crippen LogP contribution in [0.5, 0.6) is 0 Å². The summed E-state index contributed by atoms with van der Waals surface area (Å²) in [4.78, 5) is 18.6. The summed E-state index contributed by atoms with van der Waals surface area (Å²) >= 11 is 0. The average molecular weight is 377 g/mol. The Bertz CT molecular complexity index is 596. The second kappa shape index (κ2) is 10.3. The second-order valence-corrected chi connectivity index (χ2v) is 7.26. The highest BCUT2D eigenvalue weighted by Crippen LogP contribution is 2.13. The van der Waals surface area contributed by atoms with Gasteiger partial charge in [-0.2, -0.15) is 0 Å². The van der Waals surface area contributed by atoms with Gasteiger partial charge in [-0.1, -0.05) is 6.92 Å². The van der Waals surface area contributed by atoms with Crippen LogP contribution < -0.4 is 10.6 Å². The molecular weight excluding hydrogens is 344 g/mol. The third-order valence-electron chi connectivity index (χ3n) is 5.16. The molecule has 2 saturated heterocycles. The van der Waals surface area contributed by atoms with Gasteiger partial charge in [0.1, 0.15) is 5.76 Å². The summed E-state index contributed by atoms with van der Waals surface area (Å²) in [7, 11) is 0. The van der Waals surface area contributed by atoms with Crippen LogP contribution >= 0.6 is 0 Å². The largest absolute Gasteiger partial charge is 0.469 e. The van der Waals surface area contributed by atoms with Crippen LogP contribution in [0, 0.1) is 0 Å². The van der Waals surface area contributed by atoms with Crippen LogP contribution in [-0.2, 0) is 16.0 Å². The van der Waals surface area contributed by atoms with Crippen molar-refractivity contribution in [2.45, 2.75) is 57.6 Å². The van der Waals surface area contributed by atoms with E-state index in [1.807, 2.05) is 24.0 Å². The minimum atomic E-state index is 0.212. The number of aliphatic imine (C=N–C) groups is 1. The number of amides is 1. The highest BCUT2D eigenvalue weighted by atomic mass is 16.5. The Morgan fingerprint density at radius 1 is 1.37 bits per heavy atom. The summed E-state index contributed by atoms with van der Waals surface area (Å²) in [6.45, 7) is 5.72. The number of furan rings is 1. The van der Waals surface area contributed by atoms with Gasteiger partial charge >= 0.3 is 0 Å². The first kappa shape index (κ1) is 19.7. The van der Waals surface area contributed by atoms with E-state index in [0.717, 1.165) is 63.6 Å². The molecule has 2 aliphatic rings. The molecule has 0 saturated carbocycles. The van der Waals surface area contributed by atoms with Crippen molar-refractivity contribution in [1.82, 2.24) is 15.5 Å². The number of carbonyl (C=O) groups is 1. The van der Waals surface area contributed by atoms with Crippen molar-refractivity contribution in [2.75, 3.05) is 32.8 Å². The quantitative estimate of drug-likeness (QED) is 0.562. The third-order valence-corrected chi connectivity index (χ3v) is 5.16. The van der Waals surface area contributed by atoms with E-state index in [1.54, 1.807) is 6.26 Å². The van der Waals surface area contributed by atoms with Crippen LogP contribution in [-0.4, -0.2) is 61.7 Å². The lowest BCUT2D eigenvalue weighted by Crippen LogP contribution is -2.46. The number of hydrogen-bond acceptors (Lipinski definition) is 4. The minimum absolute atomic E-state index is 0.212. The molecule has 1 aromatic heterocycles. The van der Waals surface area contributed by atoms with Gasteiger partial charge in [0.05, 0.1) is 18.9 Å². The number of guanidine groups is 1. The molecule has 7 heteroatoms. The van der Waals surface area contributed by atoms with Crippen LogP contribution in [0.3, 0.4) is 0 Å². The van der Waals surface area contributed by atoms with E-state index in [-0.39, 0.29) is 18.1 Å². The van der Waals surface area contributed by atoms with Gasteiger partial charge in [0.2, 0.25) is 5.91 Å². The number of nitrogens with one attached hydrogen (secondary N) is 2. The minimum Gasteiger partial charge on any atom is -0.469 e. The Balaban J connectivity index is 1.52. The van der Waals surface area contributed by atoms with Crippen molar-refractivity contribution in [3.8, 4) is 0 Å². The fourth-order valence-corrected chi connectivity index (χ4v) is 3.58. The molecule has 1 aromatic rings. The van der Waals surface area contributed by atoms with Gasteiger partial charge in [-0.15, -0.1) is 0 Å². The molecule has 0 aliphatic carbocycles. The first-order chi connectivity index (χ1) is 13.2. The summed E-state index contributed by atoms with van der Waals surface area (Å²) in [6, 6.07) is 4.12. The molecule has 150 valence electrons. The molecule has 2 aliphatic heterocycles. The summed E-state index contributed by atoms with van der Waals surface area (Å²) < 4.78 is 11.2. The van der Waals surface area contributed by atoms with E-state index in [0.29, 0.717) is 13.0 Å². The van der Waals surface area contributed by atoms with Crippen molar-refractivity contribution in [2.24, 2.45) is 4.99 Å². The normalized spacial score (nSPS) is 23.4. The fourth-order valence-electron chi connectivity index (χ4n) is 3.58. The smallest absolute Gasteiger partial charge is 0.222 e. The van der Waals surface area contributed by atoms with Crippen LogP contribution in [0.25, 0.3) is 0 Å². The second-order valence-electron chi connectivity index (χ2n) is 7.26. The van der Waals surface area contributed by atoms with Crippen molar-refractivity contribution in [3.63, 3.8) is 0 Å². The van der Waals surface area contributed by atoms with Crippen LogP contribution in [0.4, 0.5) is 0 Å². The molecule has 2 fully saturated rings. The highest BCUT2D eigenvalue weighted by Gasteiger charge is 2.26. The van der Waals surface area contributed by atoms with Gasteiger partial charge in [0.15, 0.2) is 5.96 Å². The monoisotopic (exact) mass is 376 g/mol. The number of nitrogens with zero attached hydrogens (tertiary/aromatic N) is 2. The number of ether oxygens (including phenoxy) is 1. The lowest BCUT2D eigenvalue weighted by Gasteiger charge is -2.22. The summed E-state index contributed by atoms with van der Waals surface area (Å²) in [5.41, 5.74) is 0. The van der Waals surface area contributed by atoms with Crippen LogP contribution in [0.1, 0.15) is 44.8 Å². The predicted octanol–water partition coefficient (Wildman–Crippen LogP) is 1.94. The van der Waals surface area contributed by atoms with E-state index in [2.05, 4.69) is 10.6 Å². The van der Waals surface area contributed by atoms with Crippen LogP contribution in [0.2, 0.25) is 0 Å². The topological polar surface area (TPSA) is 79.1 Å². The molecule has 2 N–H and O–H groups in total. The Hall–Kier alpha value is -2.02. The van der Waals surface area contributed by atoms with Gasteiger partial charge in [0, 0.05) is 45.1 Å². The summed E-state index contributed by atoms with van der Waals surface area (Å²) in [5, 5.41) is 6.91. The Morgan fingerprint density at radius 2 is 2.30 bits per heavy atom. The molecule has 2 unspecified atom stereocenters. The fraction of sp³-hybridized carbons (Fsp3) is 0.700. The maximum atomic E-state index is 11.9. The first-order valence-corrected chi connectivity index (χ1v) is 10.2. The lowest BCUT2D eigenvalue weighted by atomic mass is 10.1. The molecule has 2 atom stereocenters. The predicted molar refractivity (Wildman–Crippen MR) is 105 cm³/mol. The van der Waals surface area contributed by atoms with Gasteiger partial charge < -0.3 is 24.7 Å². The molecule has 0 radical (unpaired) electrons. The lowest BCUT2D eigenvalue weighted by molar-refractivity contribution is -0.129. The first-order valence-electron chi connectivity index (χ1n) is 10.2. The molecule has 3 rings (SSSR count). The van der Waals surface area contributed by atoms with Crippen molar-refractivity contribution >= 4 is 11.9 Å². The van der Waals surface area contributed by atoms with E-state index in [4.69, 9.17) is 14.1 Å². The summed E-state index contributed by atoms with van der Waals surface area (Å²) in [6.07, 6.45) is 7.66. The van der Waals surface area contributed by atoms with Gasteiger partial charge in [0.25, 0.3) is 0 Å².